The number of hydrogen-bond donors (Lipinski definition) is 2. The van der Waals surface area contributed by atoms with E-state index in [1.165, 1.54) is 0 Å². The molecule has 7 rings (SSSR count). The molecule has 4 amide bonds. The number of para-hydroxylation sites is 1. The van der Waals surface area contributed by atoms with E-state index in [-0.39, 0.29) is 18.0 Å². The minimum Gasteiger partial charge on any atom is -0.436 e. The lowest BCUT2D eigenvalue weighted by Gasteiger charge is -2.44. The van der Waals surface area contributed by atoms with Crippen molar-refractivity contribution in [2.45, 2.75) is 83.5 Å². The number of ether oxygens (including phenoxy) is 1. The molecule has 0 radical (unpaired) electrons. The van der Waals surface area contributed by atoms with Crippen molar-refractivity contribution in [3.63, 3.8) is 0 Å². The smallest absolute Gasteiger partial charge is 0.410 e. The van der Waals surface area contributed by atoms with Gasteiger partial charge >= 0.3 is 12.1 Å². The van der Waals surface area contributed by atoms with Gasteiger partial charge in [0.1, 0.15) is 0 Å². The molecule has 50 heavy (non-hydrogen) atoms. The molecule has 2 aromatic carbocycles. The first-order chi connectivity index (χ1) is 24.2. The molecule has 0 bridgehead atoms. The van der Waals surface area contributed by atoms with Crippen LogP contribution in [0.3, 0.4) is 0 Å². The first-order valence-corrected chi connectivity index (χ1v) is 18.5. The number of aromatic nitrogens is 2. The Morgan fingerprint density at radius 1 is 0.900 bits per heavy atom. The number of piperazine rings is 1. The number of rotatable bonds is 7. The summed E-state index contributed by atoms with van der Waals surface area (Å²) in [5.41, 5.74) is 4.94. The number of aromatic amines is 1. The molecule has 1 aromatic heterocycles. The Morgan fingerprint density at radius 2 is 1.60 bits per heavy atom. The number of anilines is 1. The molecule has 0 aliphatic carbocycles. The normalized spacial score (nSPS) is 20.9. The van der Waals surface area contributed by atoms with E-state index in [1.807, 2.05) is 47.1 Å². The van der Waals surface area contributed by atoms with Gasteiger partial charge in [-0.25, -0.2) is 9.59 Å². The van der Waals surface area contributed by atoms with Crippen LogP contribution in [0.1, 0.15) is 56.2 Å². The summed E-state index contributed by atoms with van der Waals surface area (Å²) in [5, 5.41) is 11.3. The molecule has 3 saturated heterocycles. The molecule has 5 heterocycles. The van der Waals surface area contributed by atoms with Crippen molar-refractivity contribution in [1.29, 1.82) is 0 Å². The van der Waals surface area contributed by atoms with Crippen LogP contribution in [-0.2, 0) is 22.4 Å². The number of fused-ring (bicyclic) bond motifs is 2. The highest BCUT2D eigenvalue weighted by atomic mass is 16.6. The van der Waals surface area contributed by atoms with Crippen molar-refractivity contribution < 1.29 is 19.1 Å². The van der Waals surface area contributed by atoms with Crippen LogP contribution >= 0.6 is 0 Å². The second-order valence-corrected chi connectivity index (χ2v) is 14.8. The number of nitrogens with zero attached hydrogens (tertiary/aromatic N) is 6. The number of carbonyl (C=O) groups is 3. The second kappa shape index (κ2) is 15.0. The Hall–Kier alpha value is -4.16. The molecular formula is C38H52N8O4. The maximum absolute atomic E-state index is 14.2. The summed E-state index contributed by atoms with van der Waals surface area (Å²) in [4.78, 5) is 51.7. The van der Waals surface area contributed by atoms with Gasteiger partial charge in [0.2, 0.25) is 0 Å². The van der Waals surface area contributed by atoms with Crippen molar-refractivity contribution >= 4 is 34.6 Å². The Balaban J connectivity index is 0.985. The monoisotopic (exact) mass is 684 g/mol. The third-order valence-corrected chi connectivity index (χ3v) is 11.4. The highest BCUT2D eigenvalue weighted by Crippen LogP contribution is 2.27. The van der Waals surface area contributed by atoms with E-state index >= 15 is 0 Å². The van der Waals surface area contributed by atoms with Gasteiger partial charge in [-0.05, 0) is 81.7 Å². The number of nitrogens with one attached hydrogen (secondary N) is 2. The zero-order valence-electron chi connectivity index (χ0n) is 29.8. The maximum atomic E-state index is 14.2. The van der Waals surface area contributed by atoms with Crippen molar-refractivity contribution in [3.05, 3.63) is 59.3 Å². The van der Waals surface area contributed by atoms with E-state index in [9.17, 15) is 14.4 Å². The molecular weight excluding hydrogens is 632 g/mol. The number of hydrogen-bond acceptors (Lipinski definition) is 7. The molecule has 0 saturated carbocycles. The summed E-state index contributed by atoms with van der Waals surface area (Å²) >= 11 is 0. The van der Waals surface area contributed by atoms with Gasteiger partial charge in [0.15, 0.2) is 6.10 Å². The Kier molecular flexibility index (Phi) is 10.3. The predicted octanol–water partition coefficient (Wildman–Crippen LogP) is 4.49. The topological polar surface area (TPSA) is 117 Å². The zero-order chi connectivity index (χ0) is 34.8. The molecule has 0 unspecified atom stereocenters. The third-order valence-electron chi connectivity index (χ3n) is 11.4. The summed E-state index contributed by atoms with van der Waals surface area (Å²) in [5.74, 6) is -0.123. The number of aryl methyl sites for hydroxylation is 1. The summed E-state index contributed by atoms with van der Waals surface area (Å²) in [6.07, 6.45) is 4.66. The predicted molar refractivity (Wildman–Crippen MR) is 193 cm³/mol. The Morgan fingerprint density at radius 3 is 2.34 bits per heavy atom. The molecule has 12 nitrogen and oxygen atoms in total. The summed E-state index contributed by atoms with van der Waals surface area (Å²) < 4.78 is 6.15. The first-order valence-electron chi connectivity index (χ1n) is 18.5. The largest absolute Gasteiger partial charge is 0.436 e. The van der Waals surface area contributed by atoms with E-state index in [0.717, 1.165) is 78.7 Å². The molecule has 4 aliphatic heterocycles. The van der Waals surface area contributed by atoms with Crippen molar-refractivity contribution in [1.82, 2.24) is 34.7 Å². The van der Waals surface area contributed by atoms with Gasteiger partial charge in [-0.2, -0.15) is 5.10 Å². The zero-order valence-corrected chi connectivity index (χ0v) is 29.8. The van der Waals surface area contributed by atoms with E-state index in [4.69, 9.17) is 4.74 Å². The number of piperidine rings is 2. The van der Waals surface area contributed by atoms with Crippen LogP contribution in [0.15, 0.2) is 42.6 Å². The van der Waals surface area contributed by atoms with Crippen molar-refractivity contribution in [2.24, 2.45) is 0 Å². The Labute approximate surface area is 295 Å². The number of benzene rings is 2. The standard InChI is InChI=1S/C38H52N8O4/c1-26(2)42-18-20-43(21-19-42)31-9-13-44(14-10-31)36(47)34(24-28-22-27(3)35-30(23-28)25-39-41-35)50-38(49)45-15-11-32(12-16-45)46-17-8-29-6-4-5-7-33(29)40-37(46)48/h4-7,22-23,25-26,31-32,34H,8-21,24H2,1-3H3,(H,39,41)(H,40,48)/t34-/m1/s1. The quantitative estimate of drug-likeness (QED) is 0.377. The summed E-state index contributed by atoms with van der Waals surface area (Å²) in [7, 11) is 0. The van der Waals surface area contributed by atoms with Gasteiger partial charge < -0.3 is 24.8 Å². The fourth-order valence-electron chi connectivity index (χ4n) is 8.39. The summed E-state index contributed by atoms with van der Waals surface area (Å²) in [6.45, 7) is 13.8. The van der Waals surface area contributed by atoms with Crippen LogP contribution in [-0.4, -0.2) is 136 Å². The average molecular weight is 685 g/mol. The Bertz CT molecular complexity index is 1670. The molecule has 0 spiro atoms. The van der Waals surface area contributed by atoms with Crippen LogP contribution < -0.4 is 5.32 Å². The lowest BCUT2D eigenvalue weighted by atomic mass is 9.99. The number of urea groups is 1. The van der Waals surface area contributed by atoms with Crippen LogP contribution in [0.2, 0.25) is 0 Å². The lowest BCUT2D eigenvalue weighted by molar-refractivity contribution is -0.142. The van der Waals surface area contributed by atoms with Crippen LogP contribution in [0.4, 0.5) is 15.3 Å². The fraction of sp³-hybridized carbons (Fsp3) is 0.579. The molecule has 2 N–H and O–H groups in total. The maximum Gasteiger partial charge on any atom is 0.410 e. The van der Waals surface area contributed by atoms with Gasteiger partial charge in [-0.15, -0.1) is 0 Å². The molecule has 3 fully saturated rings. The van der Waals surface area contributed by atoms with Gasteiger partial charge in [0, 0.05) is 94.5 Å². The molecule has 1 atom stereocenters. The van der Waals surface area contributed by atoms with Crippen LogP contribution in [0, 0.1) is 6.92 Å². The number of likely N-dealkylation sites (tertiary alicyclic amines) is 2. The van der Waals surface area contributed by atoms with Gasteiger partial charge in [-0.1, -0.05) is 24.3 Å². The minimum atomic E-state index is -0.926. The first kappa shape index (κ1) is 34.3. The molecule has 4 aliphatic rings. The SMILES string of the molecule is Cc1cc(C[C@@H](OC(=O)N2CCC(N3CCc4ccccc4NC3=O)CC2)C(=O)N2CCC(N3CCN(C(C)C)CC3)CC2)cc2cn[nH]c12. The summed E-state index contributed by atoms with van der Waals surface area (Å²) in [6, 6.07) is 13.0. The van der Waals surface area contributed by atoms with E-state index in [0.29, 0.717) is 64.1 Å². The average Bonchev–Trinajstić information content (AvgIpc) is 3.54. The van der Waals surface area contributed by atoms with E-state index in [2.05, 4.69) is 45.2 Å². The fourth-order valence-corrected chi connectivity index (χ4v) is 8.39. The van der Waals surface area contributed by atoms with E-state index < -0.39 is 12.2 Å². The van der Waals surface area contributed by atoms with Gasteiger partial charge in [-0.3, -0.25) is 19.7 Å². The third kappa shape index (κ3) is 7.46. The number of H-pyrrole nitrogens is 1. The highest BCUT2D eigenvalue weighted by Gasteiger charge is 2.36. The number of carbonyl (C=O) groups excluding carboxylic acids is 3. The molecule has 3 aromatic rings. The van der Waals surface area contributed by atoms with Gasteiger partial charge in [0.05, 0.1) is 11.7 Å². The van der Waals surface area contributed by atoms with E-state index in [1.54, 1.807) is 11.1 Å². The van der Waals surface area contributed by atoms with Crippen LogP contribution in [0.25, 0.3) is 10.9 Å². The molecule has 268 valence electrons. The van der Waals surface area contributed by atoms with Crippen molar-refractivity contribution in [2.75, 3.05) is 64.2 Å². The van der Waals surface area contributed by atoms with Crippen molar-refractivity contribution in [3.8, 4) is 0 Å². The van der Waals surface area contributed by atoms with Gasteiger partial charge in [0.25, 0.3) is 5.91 Å². The minimum absolute atomic E-state index is 0.0325. The second-order valence-electron chi connectivity index (χ2n) is 14.8. The lowest BCUT2D eigenvalue weighted by Crippen LogP contribution is -2.56. The molecule has 12 heteroatoms. The van der Waals surface area contributed by atoms with Crippen LogP contribution in [0.5, 0.6) is 0 Å². The number of amides is 4. The highest BCUT2D eigenvalue weighted by molar-refractivity contribution is 5.91.